The number of carbonyl (C=O) groups is 2. The molecule has 126 valence electrons. The van der Waals surface area contributed by atoms with Gasteiger partial charge in [-0.2, -0.15) is 0 Å². The van der Waals surface area contributed by atoms with Crippen LogP contribution in [0.4, 0.5) is 0 Å². The number of hydrogen-bond acceptors (Lipinski definition) is 4. The topological polar surface area (TPSA) is 64.7 Å². The molecule has 0 radical (unpaired) electrons. The van der Waals surface area contributed by atoms with Gasteiger partial charge in [-0.05, 0) is 12.5 Å². The minimum atomic E-state index is 0. The summed E-state index contributed by atoms with van der Waals surface area (Å²) in [7, 11) is 0. The Morgan fingerprint density at radius 1 is 1.27 bits per heavy atom. The van der Waals surface area contributed by atoms with Crippen LogP contribution >= 0.6 is 12.4 Å². The van der Waals surface area contributed by atoms with Crippen molar-refractivity contribution >= 4 is 24.2 Å². The van der Waals surface area contributed by atoms with Gasteiger partial charge in [-0.3, -0.25) is 14.5 Å². The maximum Gasteiger partial charge on any atom is 0.234 e. The Morgan fingerprint density at radius 3 is 2.50 bits per heavy atom. The van der Waals surface area contributed by atoms with Crippen LogP contribution in [0.5, 0.6) is 0 Å². The predicted octanol–water partition coefficient (Wildman–Crippen LogP) is -0.290. The lowest BCUT2D eigenvalue weighted by Crippen LogP contribution is -2.53. The highest BCUT2D eigenvalue weighted by molar-refractivity contribution is 5.85. The second-order valence-corrected chi connectivity index (χ2v) is 5.94. The summed E-state index contributed by atoms with van der Waals surface area (Å²) in [5, 5.41) is 6.05. The fourth-order valence-electron chi connectivity index (χ4n) is 2.95. The molecule has 2 saturated heterocycles. The monoisotopic (exact) mass is 330 g/mol. The van der Waals surface area contributed by atoms with E-state index >= 15 is 0 Å². The third kappa shape index (κ3) is 4.97. The Bertz CT molecular complexity index is 397. The Kier molecular flexibility index (Phi) is 7.85. The highest BCUT2D eigenvalue weighted by Crippen LogP contribution is 2.19. The van der Waals surface area contributed by atoms with Gasteiger partial charge in [0.15, 0.2) is 0 Å². The van der Waals surface area contributed by atoms with E-state index in [-0.39, 0.29) is 30.1 Å². The molecule has 2 N–H and O–H groups in total. The van der Waals surface area contributed by atoms with Gasteiger partial charge in [-0.15, -0.1) is 19.0 Å². The first-order valence-corrected chi connectivity index (χ1v) is 7.71. The van der Waals surface area contributed by atoms with Crippen LogP contribution < -0.4 is 10.6 Å². The lowest BCUT2D eigenvalue weighted by molar-refractivity contribution is -0.138. The molecule has 2 aliphatic heterocycles. The number of piperazine rings is 1. The average molecular weight is 331 g/mol. The number of hydrogen-bond donors (Lipinski definition) is 2. The highest BCUT2D eigenvalue weighted by Gasteiger charge is 2.34. The van der Waals surface area contributed by atoms with E-state index < -0.39 is 0 Å². The first kappa shape index (κ1) is 18.9. The fraction of sp³-hybridized carbons (Fsp3) is 0.733. The second kappa shape index (κ2) is 9.12. The van der Waals surface area contributed by atoms with E-state index in [0.717, 1.165) is 39.3 Å². The first-order valence-electron chi connectivity index (χ1n) is 7.71. The fourth-order valence-corrected chi connectivity index (χ4v) is 2.95. The molecule has 0 aromatic heterocycles. The van der Waals surface area contributed by atoms with Crippen LogP contribution in [0, 0.1) is 11.8 Å². The molecule has 2 fully saturated rings. The van der Waals surface area contributed by atoms with Crippen molar-refractivity contribution < 1.29 is 9.59 Å². The molecule has 2 rings (SSSR count). The maximum absolute atomic E-state index is 12.5. The van der Waals surface area contributed by atoms with E-state index in [2.05, 4.69) is 29.0 Å². The van der Waals surface area contributed by atoms with Gasteiger partial charge in [-0.25, -0.2) is 0 Å². The summed E-state index contributed by atoms with van der Waals surface area (Å²) in [5.74, 6) is 0.819. The normalized spacial score (nSPS) is 25.4. The molecule has 2 atom stereocenters. The summed E-state index contributed by atoms with van der Waals surface area (Å²) in [6, 6.07) is 0. The van der Waals surface area contributed by atoms with Gasteiger partial charge in [0, 0.05) is 39.3 Å². The minimum absolute atomic E-state index is 0. The number of halogens is 1. The molecule has 0 saturated carbocycles. The van der Waals surface area contributed by atoms with Crippen molar-refractivity contribution in [1.82, 2.24) is 20.4 Å². The largest absolute Gasteiger partial charge is 0.352 e. The third-order valence-electron chi connectivity index (χ3n) is 4.33. The van der Waals surface area contributed by atoms with Crippen LogP contribution in [0.3, 0.4) is 0 Å². The van der Waals surface area contributed by atoms with Crippen LogP contribution in [0.25, 0.3) is 0 Å². The molecule has 0 aromatic carbocycles. The summed E-state index contributed by atoms with van der Waals surface area (Å²) < 4.78 is 0. The van der Waals surface area contributed by atoms with Crippen molar-refractivity contribution in [2.45, 2.75) is 6.92 Å². The standard InChI is InChI=1S/C15H26N4O2.ClH/c1-3-4-17-14(20)11-18-5-7-19(8-6-18)15(21)13-10-16-9-12(13)2;/h3,12-13,16H,1,4-11H2,2H3,(H,17,20);1H/t12-,13-;/m1./s1. The maximum atomic E-state index is 12.5. The number of carbonyl (C=O) groups excluding carboxylic acids is 2. The highest BCUT2D eigenvalue weighted by atomic mass is 35.5. The third-order valence-corrected chi connectivity index (χ3v) is 4.33. The van der Waals surface area contributed by atoms with Crippen molar-refractivity contribution in [1.29, 1.82) is 0 Å². The summed E-state index contributed by atoms with van der Waals surface area (Å²) in [5.41, 5.74) is 0. The van der Waals surface area contributed by atoms with Crippen molar-refractivity contribution in [3.05, 3.63) is 12.7 Å². The molecule has 6 nitrogen and oxygen atoms in total. The SMILES string of the molecule is C=CCNC(=O)CN1CCN(C(=O)[C@@H]2CNC[C@H]2C)CC1.Cl. The van der Waals surface area contributed by atoms with E-state index in [9.17, 15) is 9.59 Å². The van der Waals surface area contributed by atoms with E-state index in [1.807, 2.05) is 4.90 Å². The number of rotatable bonds is 5. The van der Waals surface area contributed by atoms with Crippen LogP contribution in [0.1, 0.15) is 6.92 Å². The van der Waals surface area contributed by atoms with Crippen molar-refractivity contribution in [2.75, 3.05) is 52.4 Å². The molecule has 0 spiro atoms. The van der Waals surface area contributed by atoms with Crippen molar-refractivity contribution in [2.24, 2.45) is 11.8 Å². The van der Waals surface area contributed by atoms with Gasteiger partial charge in [0.05, 0.1) is 12.5 Å². The van der Waals surface area contributed by atoms with Crippen LogP contribution in [0.15, 0.2) is 12.7 Å². The van der Waals surface area contributed by atoms with Gasteiger partial charge < -0.3 is 15.5 Å². The van der Waals surface area contributed by atoms with Gasteiger partial charge in [-0.1, -0.05) is 13.0 Å². The van der Waals surface area contributed by atoms with E-state index in [1.165, 1.54) is 0 Å². The molecule has 2 amide bonds. The van der Waals surface area contributed by atoms with Gasteiger partial charge in [0.1, 0.15) is 0 Å². The molecule has 0 unspecified atom stereocenters. The Balaban J connectivity index is 0.00000242. The predicted molar refractivity (Wildman–Crippen MR) is 89.0 cm³/mol. The molecular weight excluding hydrogens is 304 g/mol. The first-order chi connectivity index (χ1) is 10.1. The van der Waals surface area contributed by atoms with Gasteiger partial charge in [0.25, 0.3) is 0 Å². The quantitative estimate of drug-likeness (QED) is 0.680. The van der Waals surface area contributed by atoms with Crippen molar-refractivity contribution in [3.63, 3.8) is 0 Å². The zero-order valence-electron chi connectivity index (χ0n) is 13.2. The number of amides is 2. The van der Waals surface area contributed by atoms with E-state index in [0.29, 0.717) is 19.0 Å². The van der Waals surface area contributed by atoms with Gasteiger partial charge in [0.2, 0.25) is 11.8 Å². The molecule has 2 aliphatic rings. The van der Waals surface area contributed by atoms with Gasteiger partial charge >= 0.3 is 0 Å². The molecule has 0 bridgehead atoms. The Labute approximate surface area is 138 Å². The second-order valence-electron chi connectivity index (χ2n) is 5.94. The van der Waals surface area contributed by atoms with E-state index in [4.69, 9.17) is 0 Å². The van der Waals surface area contributed by atoms with E-state index in [1.54, 1.807) is 6.08 Å². The Hall–Kier alpha value is -1.11. The van der Waals surface area contributed by atoms with Crippen LogP contribution in [0.2, 0.25) is 0 Å². The molecule has 2 heterocycles. The zero-order chi connectivity index (χ0) is 15.2. The molecular formula is C15H27ClN4O2. The van der Waals surface area contributed by atoms with Crippen molar-refractivity contribution in [3.8, 4) is 0 Å². The lowest BCUT2D eigenvalue weighted by Gasteiger charge is -2.36. The molecule has 0 aliphatic carbocycles. The molecule has 7 heteroatoms. The summed E-state index contributed by atoms with van der Waals surface area (Å²) in [6.45, 7) is 11.3. The smallest absolute Gasteiger partial charge is 0.234 e. The van der Waals surface area contributed by atoms with Crippen LogP contribution in [-0.4, -0.2) is 74.0 Å². The number of nitrogens with zero attached hydrogens (tertiary/aromatic N) is 2. The molecule has 0 aromatic rings. The minimum Gasteiger partial charge on any atom is -0.352 e. The lowest BCUT2D eigenvalue weighted by atomic mass is 9.96. The zero-order valence-corrected chi connectivity index (χ0v) is 14.0. The summed E-state index contributed by atoms with van der Waals surface area (Å²) in [6.07, 6.45) is 1.67. The molecule has 22 heavy (non-hydrogen) atoms. The Morgan fingerprint density at radius 2 is 1.95 bits per heavy atom. The summed E-state index contributed by atoms with van der Waals surface area (Å²) >= 11 is 0. The van der Waals surface area contributed by atoms with Crippen LogP contribution in [-0.2, 0) is 9.59 Å². The average Bonchev–Trinajstić information content (AvgIpc) is 2.91. The summed E-state index contributed by atoms with van der Waals surface area (Å²) in [4.78, 5) is 28.2. The number of nitrogens with one attached hydrogen (secondary N) is 2.